The van der Waals surface area contributed by atoms with E-state index in [2.05, 4.69) is 33.9 Å². The lowest BCUT2D eigenvalue weighted by Gasteiger charge is -2.36. The molecule has 0 radical (unpaired) electrons. The zero-order valence-corrected chi connectivity index (χ0v) is 17.1. The molecule has 0 amide bonds. The van der Waals surface area contributed by atoms with Crippen LogP contribution in [0.3, 0.4) is 0 Å². The van der Waals surface area contributed by atoms with Crippen molar-refractivity contribution in [3.05, 3.63) is 68.0 Å². The average Bonchev–Trinajstić information content (AvgIpc) is 3.39. The highest BCUT2D eigenvalue weighted by Crippen LogP contribution is 2.41. The first-order valence-electron chi connectivity index (χ1n) is 8.95. The molecule has 0 spiro atoms. The van der Waals surface area contributed by atoms with Crippen LogP contribution in [0.15, 0.2) is 47.2 Å². The third-order valence-corrected chi connectivity index (χ3v) is 7.00. The quantitative estimate of drug-likeness (QED) is 0.660. The molecular formula is C21H23NO3S2. The summed E-state index contributed by atoms with van der Waals surface area (Å²) in [6.07, 6.45) is 0.370. The first kappa shape index (κ1) is 18.5. The Hall–Kier alpha value is -1.86. The summed E-state index contributed by atoms with van der Waals surface area (Å²) in [5, 5.41) is 15.3. The van der Waals surface area contributed by atoms with Crippen LogP contribution in [-0.4, -0.2) is 37.3 Å². The van der Waals surface area contributed by atoms with Gasteiger partial charge in [0.1, 0.15) is 11.5 Å². The van der Waals surface area contributed by atoms with Crippen molar-refractivity contribution in [2.75, 3.05) is 27.3 Å². The van der Waals surface area contributed by atoms with Crippen LogP contribution in [-0.2, 0) is 6.42 Å². The number of hydrogen-bond acceptors (Lipinski definition) is 6. The fraction of sp³-hybridized carbons (Fsp3) is 0.333. The Balaban J connectivity index is 1.63. The second-order valence-electron chi connectivity index (χ2n) is 6.59. The van der Waals surface area contributed by atoms with Crippen molar-refractivity contribution in [1.82, 2.24) is 4.90 Å². The van der Waals surface area contributed by atoms with Crippen molar-refractivity contribution >= 4 is 22.7 Å². The van der Waals surface area contributed by atoms with Crippen LogP contribution in [0.25, 0.3) is 0 Å². The number of nitrogens with zero attached hydrogens (tertiary/aromatic N) is 1. The largest absolute Gasteiger partial charge is 0.497 e. The van der Waals surface area contributed by atoms with E-state index in [4.69, 9.17) is 9.47 Å². The highest BCUT2D eigenvalue weighted by molar-refractivity contribution is 7.10. The predicted molar refractivity (Wildman–Crippen MR) is 110 cm³/mol. The molecule has 0 aliphatic carbocycles. The molecule has 4 rings (SSSR count). The van der Waals surface area contributed by atoms with E-state index in [1.54, 1.807) is 25.6 Å². The van der Waals surface area contributed by atoms with Gasteiger partial charge in [-0.3, -0.25) is 4.90 Å². The number of ether oxygens (including phenoxy) is 2. The Labute approximate surface area is 167 Å². The molecule has 1 N–H and O–H groups in total. The second kappa shape index (κ2) is 8.02. The minimum Gasteiger partial charge on any atom is -0.497 e. The van der Waals surface area contributed by atoms with Crippen molar-refractivity contribution in [2.24, 2.45) is 0 Å². The molecule has 0 saturated heterocycles. The molecule has 1 aliphatic heterocycles. The van der Waals surface area contributed by atoms with Gasteiger partial charge in [-0.25, -0.2) is 0 Å². The smallest absolute Gasteiger partial charge is 0.124 e. The van der Waals surface area contributed by atoms with Gasteiger partial charge in [-0.2, -0.15) is 0 Å². The van der Waals surface area contributed by atoms with E-state index in [1.807, 2.05) is 29.5 Å². The lowest BCUT2D eigenvalue weighted by Crippen LogP contribution is -2.38. The summed E-state index contributed by atoms with van der Waals surface area (Å²) in [6, 6.07) is 12.3. The molecule has 27 heavy (non-hydrogen) atoms. The molecule has 1 aliphatic rings. The maximum atomic E-state index is 11.0. The zero-order chi connectivity index (χ0) is 18.8. The molecule has 0 fully saturated rings. The van der Waals surface area contributed by atoms with Gasteiger partial charge in [-0.05, 0) is 53.1 Å². The lowest BCUT2D eigenvalue weighted by atomic mass is 9.97. The molecule has 3 aromatic rings. The molecule has 6 heteroatoms. The maximum Gasteiger partial charge on any atom is 0.124 e. The molecule has 2 aromatic heterocycles. The molecule has 1 aromatic carbocycles. The summed E-state index contributed by atoms with van der Waals surface area (Å²) < 4.78 is 10.8. The van der Waals surface area contributed by atoms with E-state index in [9.17, 15) is 5.11 Å². The number of aliphatic hydroxyl groups excluding tert-OH is 1. The number of rotatable bonds is 6. The Kier molecular flexibility index (Phi) is 5.50. The van der Waals surface area contributed by atoms with Gasteiger partial charge in [-0.1, -0.05) is 6.07 Å². The van der Waals surface area contributed by atoms with Gasteiger partial charge in [0.2, 0.25) is 0 Å². The van der Waals surface area contributed by atoms with Crippen LogP contribution < -0.4 is 9.47 Å². The van der Waals surface area contributed by atoms with Crippen LogP contribution >= 0.6 is 22.7 Å². The van der Waals surface area contributed by atoms with Crippen LogP contribution in [0, 0.1) is 0 Å². The van der Waals surface area contributed by atoms with Crippen LogP contribution in [0.1, 0.15) is 33.0 Å². The molecule has 0 unspecified atom stereocenters. The number of fused-ring (bicyclic) bond motifs is 1. The summed E-state index contributed by atoms with van der Waals surface area (Å²) in [7, 11) is 3.26. The first-order valence-corrected chi connectivity index (χ1v) is 10.7. The second-order valence-corrected chi connectivity index (χ2v) is 8.57. The number of β-amino-alcohol motifs (C(OH)–C–C–N with tert-alkyl or cyclic N) is 1. The van der Waals surface area contributed by atoms with Crippen molar-refractivity contribution < 1.29 is 14.6 Å². The first-order chi connectivity index (χ1) is 13.2. The normalized spacial score (nSPS) is 18.1. The minimum atomic E-state index is -0.655. The van der Waals surface area contributed by atoms with Crippen molar-refractivity contribution in [2.45, 2.75) is 18.6 Å². The van der Waals surface area contributed by atoms with E-state index in [0.29, 0.717) is 12.3 Å². The van der Waals surface area contributed by atoms with E-state index in [0.717, 1.165) is 24.3 Å². The van der Waals surface area contributed by atoms with E-state index in [1.165, 1.54) is 15.3 Å². The summed E-state index contributed by atoms with van der Waals surface area (Å²) >= 11 is 3.61. The molecule has 142 valence electrons. The Morgan fingerprint density at radius 3 is 2.78 bits per heavy atom. The summed E-state index contributed by atoms with van der Waals surface area (Å²) in [5.74, 6) is 1.41. The number of thiophene rings is 2. The number of benzene rings is 1. The predicted octanol–water partition coefficient (Wildman–Crippen LogP) is 4.51. The van der Waals surface area contributed by atoms with Gasteiger partial charge in [0.15, 0.2) is 0 Å². The SMILES string of the molecule is COc1ccc(OC)c([C@@H](O)CN2CCc3sccc3[C@@H]2c2cccs2)c1. The minimum absolute atomic E-state index is 0.200. The Bertz CT molecular complexity index is 891. The monoisotopic (exact) mass is 401 g/mol. The van der Waals surface area contributed by atoms with Crippen LogP contribution in [0.5, 0.6) is 11.5 Å². The highest BCUT2D eigenvalue weighted by Gasteiger charge is 2.32. The number of methoxy groups -OCH3 is 2. The Morgan fingerprint density at radius 1 is 1.15 bits per heavy atom. The topological polar surface area (TPSA) is 41.9 Å². The fourth-order valence-electron chi connectivity index (χ4n) is 3.77. The molecule has 4 nitrogen and oxygen atoms in total. The van der Waals surface area contributed by atoms with E-state index < -0.39 is 6.10 Å². The molecule has 0 saturated carbocycles. The molecule has 2 atom stereocenters. The third kappa shape index (κ3) is 3.62. The van der Waals surface area contributed by atoms with Crippen LogP contribution in [0.4, 0.5) is 0 Å². The Morgan fingerprint density at radius 2 is 2.04 bits per heavy atom. The number of hydrogen-bond donors (Lipinski definition) is 1. The van der Waals surface area contributed by atoms with E-state index in [-0.39, 0.29) is 6.04 Å². The average molecular weight is 402 g/mol. The van der Waals surface area contributed by atoms with Crippen molar-refractivity contribution in [3.63, 3.8) is 0 Å². The maximum absolute atomic E-state index is 11.0. The van der Waals surface area contributed by atoms with Gasteiger partial charge < -0.3 is 14.6 Å². The van der Waals surface area contributed by atoms with Gasteiger partial charge in [0, 0.05) is 28.4 Å². The van der Waals surface area contributed by atoms with Crippen molar-refractivity contribution in [3.8, 4) is 11.5 Å². The summed E-state index contributed by atoms with van der Waals surface area (Å²) in [5.41, 5.74) is 2.14. The lowest BCUT2D eigenvalue weighted by molar-refractivity contribution is 0.0915. The van der Waals surface area contributed by atoms with Crippen LogP contribution in [0.2, 0.25) is 0 Å². The molecule has 3 heterocycles. The zero-order valence-electron chi connectivity index (χ0n) is 15.4. The third-order valence-electron chi connectivity index (χ3n) is 5.08. The fourth-order valence-corrected chi connectivity index (χ4v) is 5.55. The van der Waals surface area contributed by atoms with Crippen molar-refractivity contribution in [1.29, 1.82) is 0 Å². The molecule has 0 bridgehead atoms. The highest BCUT2D eigenvalue weighted by atomic mass is 32.1. The van der Waals surface area contributed by atoms with Gasteiger partial charge >= 0.3 is 0 Å². The number of aliphatic hydroxyl groups is 1. The van der Waals surface area contributed by atoms with Gasteiger partial charge in [0.05, 0.1) is 26.4 Å². The van der Waals surface area contributed by atoms with Gasteiger partial charge in [0.25, 0.3) is 0 Å². The molecular weight excluding hydrogens is 378 g/mol. The summed E-state index contributed by atoms with van der Waals surface area (Å²) in [6.45, 7) is 1.47. The summed E-state index contributed by atoms with van der Waals surface area (Å²) in [4.78, 5) is 5.15. The van der Waals surface area contributed by atoms with Gasteiger partial charge in [-0.15, -0.1) is 22.7 Å². The standard InChI is InChI=1S/C21H23NO3S2/c1-24-14-5-6-18(25-2)16(12-14)17(23)13-22-9-7-19-15(8-11-27-19)21(22)20-4-3-10-26-20/h3-6,8,10-12,17,21,23H,7,9,13H2,1-2H3/t17-,21+/m0/s1. The van der Waals surface area contributed by atoms with E-state index >= 15 is 0 Å².